The molecule has 0 N–H and O–H groups in total. The van der Waals surface area contributed by atoms with Gasteiger partial charge in [-0.25, -0.2) is 9.38 Å². The van der Waals surface area contributed by atoms with E-state index >= 15 is 0 Å². The van der Waals surface area contributed by atoms with Gasteiger partial charge >= 0.3 is 11.4 Å². The van der Waals surface area contributed by atoms with Gasteiger partial charge in [-0.2, -0.15) is 4.57 Å². The second-order valence-corrected chi connectivity index (χ2v) is 4.70. The number of benzene rings is 1. The second kappa shape index (κ2) is 3.00. The molecule has 0 fully saturated rings. The summed E-state index contributed by atoms with van der Waals surface area (Å²) >= 11 is 0. The maximum Gasteiger partial charge on any atom is 0.390 e. The summed E-state index contributed by atoms with van der Waals surface area (Å²) < 4.78 is 10.0. The molecule has 3 aromatic heterocycles. The third-order valence-electron chi connectivity index (χ3n) is 3.64. The van der Waals surface area contributed by atoms with E-state index < -0.39 is 0 Å². The molecule has 0 saturated heterocycles. The van der Waals surface area contributed by atoms with Crippen LogP contribution in [0.5, 0.6) is 0 Å². The van der Waals surface area contributed by atoms with Crippen LogP contribution >= 0.6 is 0 Å². The molecular formula is C14H9N4O+. The lowest BCUT2D eigenvalue weighted by atomic mass is 10.1. The Bertz CT molecular complexity index is 951. The molecule has 0 spiro atoms. The smallest absolute Gasteiger partial charge is 0.390 e. The molecular weight excluding hydrogens is 240 g/mol. The van der Waals surface area contributed by atoms with Crippen LogP contribution in [0.2, 0.25) is 0 Å². The van der Waals surface area contributed by atoms with E-state index in [0.29, 0.717) is 0 Å². The number of hydrogen-bond donors (Lipinski definition) is 0. The van der Waals surface area contributed by atoms with Crippen molar-refractivity contribution in [2.45, 2.75) is 6.54 Å². The van der Waals surface area contributed by atoms with E-state index in [9.17, 15) is 0 Å². The van der Waals surface area contributed by atoms with E-state index in [1.54, 1.807) is 12.5 Å². The van der Waals surface area contributed by atoms with Crippen molar-refractivity contribution < 1.29 is 8.98 Å². The normalized spacial score (nSPS) is 13.1. The van der Waals surface area contributed by atoms with Crippen LogP contribution in [0, 0.1) is 0 Å². The molecule has 90 valence electrons. The first kappa shape index (κ1) is 9.27. The molecule has 0 amide bonds. The summed E-state index contributed by atoms with van der Waals surface area (Å²) in [5.41, 5.74) is 4.92. The van der Waals surface area contributed by atoms with Gasteiger partial charge in [0, 0.05) is 17.8 Å². The summed E-state index contributed by atoms with van der Waals surface area (Å²) in [6.07, 6.45) is 3.47. The molecule has 0 aliphatic carbocycles. The van der Waals surface area contributed by atoms with Crippen LogP contribution in [0.15, 0.2) is 47.3 Å². The first-order valence-electron chi connectivity index (χ1n) is 6.14. The van der Waals surface area contributed by atoms with Crippen LogP contribution in [-0.2, 0) is 6.54 Å². The minimum absolute atomic E-state index is 0.757. The highest BCUT2D eigenvalue weighted by molar-refractivity contribution is 5.72. The highest BCUT2D eigenvalue weighted by atomic mass is 16.4. The fourth-order valence-electron chi connectivity index (χ4n) is 2.76. The molecule has 1 aliphatic heterocycles. The lowest BCUT2D eigenvalue weighted by Crippen LogP contribution is -2.30. The van der Waals surface area contributed by atoms with Crippen molar-refractivity contribution in [1.29, 1.82) is 0 Å². The number of aromatic nitrogens is 4. The van der Waals surface area contributed by atoms with Gasteiger partial charge in [-0.3, -0.25) is 0 Å². The molecule has 1 aromatic carbocycles. The fraction of sp³-hybridized carbons (Fsp3) is 0.0714. The van der Waals surface area contributed by atoms with Gasteiger partial charge in [-0.05, 0) is 11.1 Å². The van der Waals surface area contributed by atoms with Gasteiger partial charge in [0.15, 0.2) is 0 Å². The van der Waals surface area contributed by atoms with Gasteiger partial charge in [0.1, 0.15) is 12.9 Å². The molecule has 0 radical (unpaired) electrons. The Balaban J connectivity index is 1.93. The summed E-state index contributed by atoms with van der Waals surface area (Å²) in [7, 11) is 0. The maximum absolute atomic E-state index is 6.01. The highest BCUT2D eigenvalue weighted by Crippen LogP contribution is 2.30. The van der Waals surface area contributed by atoms with E-state index in [1.807, 2.05) is 16.5 Å². The molecule has 5 rings (SSSR count). The van der Waals surface area contributed by atoms with Crippen molar-refractivity contribution in [1.82, 2.24) is 14.4 Å². The molecule has 1 aliphatic rings. The average Bonchev–Trinajstić information content (AvgIpc) is 3.07. The van der Waals surface area contributed by atoms with Crippen LogP contribution < -0.4 is 4.57 Å². The van der Waals surface area contributed by atoms with Gasteiger partial charge in [0.25, 0.3) is 11.5 Å². The number of hydrogen-bond acceptors (Lipinski definition) is 3. The van der Waals surface area contributed by atoms with E-state index in [4.69, 9.17) is 4.42 Å². The minimum Gasteiger partial charge on any atom is -0.396 e. The van der Waals surface area contributed by atoms with Gasteiger partial charge in [0.05, 0.1) is 5.56 Å². The Morgan fingerprint density at radius 3 is 3.16 bits per heavy atom. The second-order valence-electron chi connectivity index (χ2n) is 4.70. The minimum atomic E-state index is 0.757. The van der Waals surface area contributed by atoms with E-state index in [2.05, 4.69) is 32.7 Å². The predicted octanol–water partition coefficient (Wildman–Crippen LogP) is 1.79. The maximum atomic E-state index is 6.01. The van der Waals surface area contributed by atoms with Crippen molar-refractivity contribution in [3.8, 4) is 11.5 Å². The Morgan fingerprint density at radius 2 is 2.16 bits per heavy atom. The fourth-order valence-corrected chi connectivity index (χ4v) is 2.76. The topological polar surface area (TPSA) is 47.2 Å². The zero-order chi connectivity index (χ0) is 12.4. The number of fused-ring (bicyclic) bond motifs is 7. The Labute approximate surface area is 107 Å². The van der Waals surface area contributed by atoms with E-state index in [0.717, 1.165) is 35.0 Å². The first-order valence-corrected chi connectivity index (χ1v) is 6.14. The number of rotatable bonds is 0. The molecule has 0 unspecified atom stereocenters. The van der Waals surface area contributed by atoms with Crippen LogP contribution in [0.3, 0.4) is 0 Å². The highest BCUT2D eigenvalue weighted by Gasteiger charge is 2.33. The molecule has 0 atom stereocenters. The summed E-state index contributed by atoms with van der Waals surface area (Å²) in [4.78, 5) is 8.74. The van der Waals surface area contributed by atoms with Gasteiger partial charge in [0.2, 0.25) is 0 Å². The SMILES string of the molecule is c1ccc2c(c1)C[n+]1c-2oc2c1nc1ccncn12. The molecule has 19 heavy (non-hydrogen) atoms. The lowest BCUT2D eigenvalue weighted by Gasteiger charge is -1.91. The molecule has 5 heteroatoms. The monoisotopic (exact) mass is 249 g/mol. The predicted molar refractivity (Wildman–Crippen MR) is 67.5 cm³/mol. The van der Waals surface area contributed by atoms with Gasteiger partial charge in [-0.15, -0.1) is 0 Å². The van der Waals surface area contributed by atoms with Crippen molar-refractivity contribution >= 4 is 17.0 Å². The van der Waals surface area contributed by atoms with E-state index in [1.165, 1.54) is 5.56 Å². The Morgan fingerprint density at radius 1 is 1.21 bits per heavy atom. The number of oxazole rings is 1. The van der Waals surface area contributed by atoms with Crippen molar-refractivity contribution in [3.05, 3.63) is 48.4 Å². The third kappa shape index (κ3) is 1.03. The molecule has 4 heterocycles. The average molecular weight is 249 g/mol. The van der Waals surface area contributed by atoms with Crippen molar-refractivity contribution in [2.24, 2.45) is 0 Å². The zero-order valence-electron chi connectivity index (χ0n) is 9.95. The molecule has 4 aromatic rings. The molecule has 0 bridgehead atoms. The number of nitrogens with zero attached hydrogens (tertiary/aromatic N) is 4. The standard InChI is InChI=1S/C14H9N4O/c1-2-4-10-9(3-1)7-17-12-14(19-13(10)17)18-8-15-6-5-11(18)16-12/h1-6,8H,7H2/q+1. The van der Waals surface area contributed by atoms with Gasteiger partial charge < -0.3 is 4.42 Å². The third-order valence-corrected chi connectivity index (χ3v) is 3.64. The lowest BCUT2D eigenvalue weighted by molar-refractivity contribution is -0.651. The van der Waals surface area contributed by atoms with Crippen LogP contribution in [0.1, 0.15) is 5.56 Å². The quantitative estimate of drug-likeness (QED) is 0.393. The number of imidazole rings is 1. The zero-order valence-corrected chi connectivity index (χ0v) is 9.95. The largest absolute Gasteiger partial charge is 0.396 e. The van der Waals surface area contributed by atoms with Crippen molar-refractivity contribution in [3.63, 3.8) is 0 Å². The Hall–Kier alpha value is -2.69. The van der Waals surface area contributed by atoms with Crippen LogP contribution in [0.4, 0.5) is 0 Å². The molecule has 5 nitrogen and oxygen atoms in total. The van der Waals surface area contributed by atoms with Crippen molar-refractivity contribution in [2.75, 3.05) is 0 Å². The van der Waals surface area contributed by atoms with E-state index in [-0.39, 0.29) is 0 Å². The van der Waals surface area contributed by atoms with Crippen LogP contribution in [0.25, 0.3) is 28.5 Å². The summed E-state index contributed by atoms with van der Waals surface area (Å²) in [5, 5.41) is 0. The Kier molecular flexibility index (Phi) is 1.46. The van der Waals surface area contributed by atoms with Crippen LogP contribution in [-0.4, -0.2) is 14.4 Å². The first-order chi connectivity index (χ1) is 9.42. The summed E-state index contributed by atoms with van der Waals surface area (Å²) in [6, 6.07) is 10.2. The molecule has 0 saturated carbocycles. The summed E-state index contributed by atoms with van der Waals surface area (Å²) in [6.45, 7) is 0.815. The summed E-state index contributed by atoms with van der Waals surface area (Å²) in [5.74, 6) is 0.881. The van der Waals surface area contributed by atoms with Gasteiger partial charge in [-0.1, -0.05) is 18.2 Å².